The average molecular weight is 540 g/mol. The van der Waals surface area contributed by atoms with E-state index in [1.165, 1.54) is 16.4 Å². The van der Waals surface area contributed by atoms with Crippen molar-refractivity contribution in [3.05, 3.63) is 90.1 Å². The predicted molar refractivity (Wildman–Crippen MR) is 138 cm³/mol. The quantitative estimate of drug-likeness (QED) is 0.319. The van der Waals surface area contributed by atoms with Crippen molar-refractivity contribution in [2.75, 3.05) is 26.3 Å². The van der Waals surface area contributed by atoms with Crippen molar-refractivity contribution < 1.29 is 26.3 Å². The predicted octanol–water partition coefficient (Wildman–Crippen LogP) is 5.83. The molecule has 4 aromatic rings. The highest BCUT2D eigenvalue weighted by molar-refractivity contribution is 7.89. The first-order valence-electron chi connectivity index (χ1n) is 11.9. The SMILES string of the molecule is Cc1cc(-c2ccc(C(F)(F)F)cc2)cc(-c2cccc(-c3cccc(S(=O)(=O)N4CCOCC4)c3)n2)n1. The number of aromatic nitrogens is 2. The van der Waals surface area contributed by atoms with Crippen LogP contribution in [0.1, 0.15) is 11.3 Å². The second kappa shape index (κ2) is 10.3. The normalized spacial score (nSPS) is 14.9. The van der Waals surface area contributed by atoms with Gasteiger partial charge in [0.25, 0.3) is 0 Å². The van der Waals surface area contributed by atoms with Gasteiger partial charge in [-0.05, 0) is 66.6 Å². The summed E-state index contributed by atoms with van der Waals surface area (Å²) in [4.78, 5) is 9.50. The third-order valence-corrected chi connectivity index (χ3v) is 8.14. The van der Waals surface area contributed by atoms with Crippen LogP contribution < -0.4 is 0 Å². The van der Waals surface area contributed by atoms with Gasteiger partial charge >= 0.3 is 6.18 Å². The molecule has 2 aromatic carbocycles. The zero-order chi connectivity index (χ0) is 26.9. The van der Waals surface area contributed by atoms with Gasteiger partial charge in [0.1, 0.15) is 0 Å². The highest BCUT2D eigenvalue weighted by atomic mass is 32.2. The van der Waals surface area contributed by atoms with Gasteiger partial charge in [-0.3, -0.25) is 4.98 Å². The van der Waals surface area contributed by atoms with Crippen LogP contribution in [0.15, 0.2) is 83.8 Å². The molecule has 1 aliphatic heterocycles. The fourth-order valence-corrected chi connectivity index (χ4v) is 5.76. The van der Waals surface area contributed by atoms with Crippen molar-refractivity contribution in [1.82, 2.24) is 14.3 Å². The summed E-state index contributed by atoms with van der Waals surface area (Å²) in [7, 11) is -3.67. The molecule has 1 aliphatic rings. The Morgan fingerprint density at radius 2 is 1.45 bits per heavy atom. The molecule has 5 rings (SSSR count). The van der Waals surface area contributed by atoms with Crippen LogP contribution in [0.5, 0.6) is 0 Å². The molecule has 0 bridgehead atoms. The summed E-state index contributed by atoms with van der Waals surface area (Å²) in [5.41, 5.74) is 3.63. The third-order valence-electron chi connectivity index (χ3n) is 6.25. The van der Waals surface area contributed by atoms with Crippen molar-refractivity contribution >= 4 is 10.0 Å². The topological polar surface area (TPSA) is 72.4 Å². The molecular formula is C28H24F3N3O3S. The number of sulfonamides is 1. The number of benzene rings is 2. The molecule has 0 amide bonds. The van der Waals surface area contributed by atoms with E-state index in [0.717, 1.165) is 12.1 Å². The van der Waals surface area contributed by atoms with E-state index < -0.39 is 21.8 Å². The number of hydrogen-bond acceptors (Lipinski definition) is 5. The second-order valence-electron chi connectivity index (χ2n) is 8.91. The number of nitrogens with zero attached hydrogens (tertiary/aromatic N) is 3. The molecule has 10 heteroatoms. The second-order valence-corrected chi connectivity index (χ2v) is 10.8. The van der Waals surface area contributed by atoms with Gasteiger partial charge in [-0.2, -0.15) is 17.5 Å². The van der Waals surface area contributed by atoms with Crippen LogP contribution in [0.25, 0.3) is 33.8 Å². The molecule has 0 unspecified atom stereocenters. The lowest BCUT2D eigenvalue weighted by Gasteiger charge is -2.26. The Kier molecular flexibility index (Phi) is 7.04. The van der Waals surface area contributed by atoms with E-state index in [1.807, 2.05) is 6.07 Å². The van der Waals surface area contributed by atoms with E-state index in [2.05, 4.69) is 4.98 Å². The van der Waals surface area contributed by atoms with Crippen molar-refractivity contribution in [3.63, 3.8) is 0 Å². The summed E-state index contributed by atoms with van der Waals surface area (Å²) in [5, 5.41) is 0. The number of pyridine rings is 2. The van der Waals surface area contributed by atoms with Crippen molar-refractivity contribution in [2.24, 2.45) is 0 Å². The van der Waals surface area contributed by atoms with Crippen LogP contribution in [0, 0.1) is 6.92 Å². The average Bonchev–Trinajstić information content (AvgIpc) is 2.93. The maximum absolute atomic E-state index is 13.1. The molecule has 196 valence electrons. The lowest BCUT2D eigenvalue weighted by Crippen LogP contribution is -2.40. The lowest BCUT2D eigenvalue weighted by molar-refractivity contribution is -0.137. The fourth-order valence-electron chi connectivity index (χ4n) is 4.31. The summed E-state index contributed by atoms with van der Waals surface area (Å²) in [6.45, 7) is 3.14. The van der Waals surface area contributed by atoms with Gasteiger partial charge in [-0.15, -0.1) is 0 Å². The highest BCUT2D eigenvalue weighted by Gasteiger charge is 2.30. The van der Waals surface area contributed by atoms with E-state index in [0.29, 0.717) is 65.8 Å². The van der Waals surface area contributed by atoms with E-state index >= 15 is 0 Å². The molecule has 3 heterocycles. The van der Waals surface area contributed by atoms with E-state index in [-0.39, 0.29) is 4.90 Å². The van der Waals surface area contributed by atoms with Crippen LogP contribution in [0.2, 0.25) is 0 Å². The van der Waals surface area contributed by atoms with Gasteiger partial charge in [0.2, 0.25) is 10.0 Å². The third kappa shape index (κ3) is 5.47. The number of rotatable bonds is 5. The molecule has 0 spiro atoms. The lowest BCUT2D eigenvalue weighted by atomic mass is 10.0. The molecule has 1 saturated heterocycles. The van der Waals surface area contributed by atoms with Gasteiger partial charge in [0.15, 0.2) is 0 Å². The number of aryl methyl sites for hydroxylation is 1. The summed E-state index contributed by atoms with van der Waals surface area (Å²) in [6, 6.07) is 20.6. The first-order valence-corrected chi connectivity index (χ1v) is 13.4. The Bertz CT molecular complexity index is 1570. The summed E-state index contributed by atoms with van der Waals surface area (Å²) in [6.07, 6.45) is -4.40. The van der Waals surface area contributed by atoms with Crippen LogP contribution >= 0.6 is 0 Å². The Hall–Kier alpha value is -3.60. The molecule has 0 radical (unpaired) electrons. The van der Waals surface area contributed by atoms with Crippen LogP contribution in [-0.2, 0) is 20.9 Å². The van der Waals surface area contributed by atoms with Crippen molar-refractivity contribution in [3.8, 4) is 33.8 Å². The largest absolute Gasteiger partial charge is 0.416 e. The first kappa shape index (κ1) is 26.0. The highest BCUT2D eigenvalue weighted by Crippen LogP contribution is 2.32. The number of halogens is 3. The van der Waals surface area contributed by atoms with Crippen LogP contribution in [0.4, 0.5) is 13.2 Å². The van der Waals surface area contributed by atoms with Gasteiger partial charge in [0.05, 0.1) is 40.8 Å². The zero-order valence-electron chi connectivity index (χ0n) is 20.4. The summed E-state index contributed by atoms with van der Waals surface area (Å²) < 4.78 is 71.9. The minimum Gasteiger partial charge on any atom is -0.379 e. The van der Waals surface area contributed by atoms with Crippen molar-refractivity contribution in [2.45, 2.75) is 18.0 Å². The number of alkyl halides is 3. The van der Waals surface area contributed by atoms with Gasteiger partial charge in [0, 0.05) is 24.3 Å². The summed E-state index contributed by atoms with van der Waals surface area (Å²) in [5.74, 6) is 0. The molecule has 2 aromatic heterocycles. The molecular weight excluding hydrogens is 515 g/mol. The van der Waals surface area contributed by atoms with Crippen LogP contribution in [-0.4, -0.2) is 49.0 Å². The van der Waals surface area contributed by atoms with E-state index in [9.17, 15) is 21.6 Å². The minimum absolute atomic E-state index is 0.183. The molecule has 38 heavy (non-hydrogen) atoms. The maximum Gasteiger partial charge on any atom is 0.416 e. The van der Waals surface area contributed by atoms with Gasteiger partial charge in [-0.25, -0.2) is 13.4 Å². The van der Waals surface area contributed by atoms with E-state index in [1.54, 1.807) is 55.5 Å². The van der Waals surface area contributed by atoms with Gasteiger partial charge < -0.3 is 4.74 Å². The molecule has 6 nitrogen and oxygen atoms in total. The van der Waals surface area contributed by atoms with Crippen molar-refractivity contribution in [1.29, 1.82) is 0 Å². The van der Waals surface area contributed by atoms with Gasteiger partial charge in [-0.1, -0.05) is 30.3 Å². The van der Waals surface area contributed by atoms with Crippen LogP contribution in [0.3, 0.4) is 0 Å². The Morgan fingerprint density at radius 1 is 0.763 bits per heavy atom. The molecule has 0 saturated carbocycles. The maximum atomic E-state index is 13.1. The molecule has 1 fully saturated rings. The zero-order valence-corrected chi connectivity index (χ0v) is 21.3. The number of morpholine rings is 1. The Balaban J connectivity index is 1.47. The Morgan fingerprint density at radius 3 is 2.16 bits per heavy atom. The molecule has 0 aliphatic carbocycles. The smallest absolute Gasteiger partial charge is 0.379 e. The Labute approximate surface area is 218 Å². The first-order chi connectivity index (χ1) is 18.1. The standard InChI is InChI=1S/C28H24F3N3O3S/c1-19-16-22(20-8-10-23(11-9-20)28(29,30)31)18-27(32-19)26-7-3-6-25(33-26)21-4-2-5-24(17-21)38(35,36)34-12-14-37-15-13-34/h2-11,16-18H,12-15H2,1H3. The monoisotopic (exact) mass is 539 g/mol. The fraction of sp³-hybridized carbons (Fsp3) is 0.214. The molecule has 0 N–H and O–H groups in total. The number of hydrogen-bond donors (Lipinski definition) is 0. The van der Waals surface area contributed by atoms with E-state index in [4.69, 9.17) is 9.72 Å². The molecule has 0 atom stereocenters. The summed E-state index contributed by atoms with van der Waals surface area (Å²) >= 11 is 0. The minimum atomic E-state index is -4.40. The number of ether oxygens (including phenoxy) is 1.